The van der Waals surface area contributed by atoms with Crippen molar-refractivity contribution in [2.45, 2.75) is 26.3 Å². The Bertz CT molecular complexity index is 1030. The van der Waals surface area contributed by atoms with Crippen molar-refractivity contribution in [2.24, 2.45) is 0 Å². The molecule has 8 heteroatoms. The van der Waals surface area contributed by atoms with Gasteiger partial charge in [0.05, 0.1) is 30.4 Å². The van der Waals surface area contributed by atoms with Crippen LogP contribution in [-0.2, 0) is 17.8 Å². The van der Waals surface area contributed by atoms with Crippen LogP contribution < -0.4 is 20.1 Å². The van der Waals surface area contributed by atoms with Crippen molar-refractivity contribution in [1.29, 1.82) is 0 Å². The molecule has 2 aromatic carbocycles. The fourth-order valence-corrected chi connectivity index (χ4v) is 3.57. The molecule has 152 valence electrons. The van der Waals surface area contributed by atoms with Crippen molar-refractivity contribution in [2.75, 3.05) is 24.9 Å². The van der Waals surface area contributed by atoms with E-state index in [1.807, 2.05) is 24.3 Å². The number of ether oxygens (including phenoxy) is 2. The Morgan fingerprint density at radius 2 is 2.00 bits per heavy atom. The number of benzene rings is 2. The number of halogens is 1. The van der Waals surface area contributed by atoms with E-state index in [0.717, 1.165) is 34.9 Å². The molecule has 0 aliphatic rings. The molecule has 0 bridgehead atoms. The van der Waals surface area contributed by atoms with Gasteiger partial charge in [0.2, 0.25) is 6.41 Å². The highest BCUT2D eigenvalue weighted by atomic mass is 35.5. The van der Waals surface area contributed by atoms with Gasteiger partial charge in [-0.25, -0.2) is 9.97 Å². The molecule has 0 atom stereocenters. The molecule has 0 saturated heterocycles. The van der Waals surface area contributed by atoms with Gasteiger partial charge in [0, 0.05) is 17.5 Å². The van der Waals surface area contributed by atoms with Gasteiger partial charge in [0.1, 0.15) is 23.6 Å². The largest absolute Gasteiger partial charge is 0.495 e. The minimum absolute atomic E-state index is 0.515. The maximum Gasteiger partial charge on any atom is 0.211 e. The maximum absolute atomic E-state index is 11.1. The van der Waals surface area contributed by atoms with E-state index >= 15 is 0 Å². The van der Waals surface area contributed by atoms with Crippen LogP contribution in [0.15, 0.2) is 30.6 Å². The van der Waals surface area contributed by atoms with Crippen molar-refractivity contribution >= 4 is 40.4 Å². The van der Waals surface area contributed by atoms with E-state index in [2.05, 4.69) is 27.5 Å². The van der Waals surface area contributed by atoms with Gasteiger partial charge in [-0.1, -0.05) is 31.0 Å². The van der Waals surface area contributed by atoms with Crippen LogP contribution in [-0.4, -0.2) is 30.6 Å². The molecule has 1 amide bonds. The fraction of sp³-hybridized carbons (Fsp3) is 0.286. The number of amides is 1. The van der Waals surface area contributed by atoms with Crippen LogP contribution in [0.2, 0.25) is 5.02 Å². The van der Waals surface area contributed by atoms with Crippen LogP contribution in [0.4, 0.5) is 11.5 Å². The Morgan fingerprint density at radius 3 is 2.66 bits per heavy atom. The van der Waals surface area contributed by atoms with Gasteiger partial charge < -0.3 is 20.1 Å². The lowest BCUT2D eigenvalue weighted by Gasteiger charge is -2.17. The first-order valence-electron chi connectivity index (χ1n) is 9.23. The molecule has 1 aromatic heterocycles. The van der Waals surface area contributed by atoms with E-state index in [0.29, 0.717) is 41.0 Å². The molecule has 3 aromatic rings. The van der Waals surface area contributed by atoms with Crippen molar-refractivity contribution in [3.8, 4) is 11.5 Å². The summed E-state index contributed by atoms with van der Waals surface area (Å²) in [5.41, 5.74) is 3.31. The zero-order valence-electron chi connectivity index (χ0n) is 16.6. The topological polar surface area (TPSA) is 85.4 Å². The third kappa shape index (κ3) is 4.35. The van der Waals surface area contributed by atoms with Crippen molar-refractivity contribution < 1.29 is 14.3 Å². The molecule has 0 aliphatic heterocycles. The first-order valence-corrected chi connectivity index (χ1v) is 9.61. The molecule has 0 unspecified atom stereocenters. The number of hydrogen-bond acceptors (Lipinski definition) is 6. The molecule has 29 heavy (non-hydrogen) atoms. The minimum Gasteiger partial charge on any atom is -0.495 e. The second kappa shape index (κ2) is 9.43. The summed E-state index contributed by atoms with van der Waals surface area (Å²) in [5.74, 6) is 1.91. The molecule has 0 spiro atoms. The number of nitrogens with one attached hydrogen (secondary N) is 2. The third-order valence-electron chi connectivity index (χ3n) is 4.57. The summed E-state index contributed by atoms with van der Waals surface area (Å²) >= 11 is 6.22. The van der Waals surface area contributed by atoms with Crippen LogP contribution in [0.25, 0.3) is 10.9 Å². The number of anilines is 2. The van der Waals surface area contributed by atoms with Crippen LogP contribution >= 0.6 is 11.6 Å². The number of carbonyl (C=O) groups excluding carboxylic acids is 1. The molecule has 2 N–H and O–H groups in total. The van der Waals surface area contributed by atoms with Gasteiger partial charge in [-0.15, -0.1) is 0 Å². The highest BCUT2D eigenvalue weighted by Crippen LogP contribution is 2.37. The van der Waals surface area contributed by atoms with Crippen LogP contribution in [0, 0.1) is 0 Å². The summed E-state index contributed by atoms with van der Waals surface area (Å²) in [4.78, 5) is 20.0. The summed E-state index contributed by atoms with van der Waals surface area (Å²) in [7, 11) is 3.17. The molecule has 0 radical (unpaired) electrons. The standard InChI is InChI=1S/C21H23ClN4O3/c1-4-5-14-19-15(9-17(26-12-27)20(14)29-3)21(25-11-24-19)23-10-13-6-7-18(28-2)16(22)8-13/h6-9,11-12H,4-5,10H2,1-3H3,(H,26,27)(H,23,24,25). The Kier molecular flexibility index (Phi) is 6.72. The summed E-state index contributed by atoms with van der Waals surface area (Å²) in [6, 6.07) is 7.44. The third-order valence-corrected chi connectivity index (χ3v) is 4.87. The highest BCUT2D eigenvalue weighted by Gasteiger charge is 2.17. The minimum atomic E-state index is 0.515. The zero-order valence-corrected chi connectivity index (χ0v) is 17.3. The molecule has 7 nitrogen and oxygen atoms in total. The van der Waals surface area contributed by atoms with Gasteiger partial charge >= 0.3 is 0 Å². The van der Waals surface area contributed by atoms with Gasteiger partial charge in [-0.2, -0.15) is 0 Å². The predicted octanol–water partition coefficient (Wildman–Crippen LogP) is 4.43. The van der Waals surface area contributed by atoms with E-state index in [4.69, 9.17) is 21.1 Å². The van der Waals surface area contributed by atoms with E-state index in [9.17, 15) is 4.79 Å². The molecule has 3 rings (SSSR count). The average molecular weight is 415 g/mol. The first kappa shape index (κ1) is 20.7. The average Bonchev–Trinajstić information content (AvgIpc) is 2.73. The molecule has 0 saturated carbocycles. The van der Waals surface area contributed by atoms with E-state index in [1.54, 1.807) is 14.2 Å². The molecular formula is C21H23ClN4O3. The lowest BCUT2D eigenvalue weighted by molar-refractivity contribution is -0.105. The SMILES string of the molecule is CCCc1c(OC)c(NC=O)cc2c(NCc3ccc(OC)c(Cl)c3)ncnc12. The summed E-state index contributed by atoms with van der Waals surface area (Å²) in [6.07, 6.45) is 3.83. The number of carbonyl (C=O) groups is 1. The summed E-state index contributed by atoms with van der Waals surface area (Å²) in [6.45, 7) is 2.60. The predicted molar refractivity (Wildman–Crippen MR) is 115 cm³/mol. The number of nitrogens with zero attached hydrogens (tertiary/aromatic N) is 2. The quantitative estimate of drug-likeness (QED) is 0.504. The Morgan fingerprint density at radius 1 is 1.17 bits per heavy atom. The number of hydrogen-bond donors (Lipinski definition) is 2. The van der Waals surface area contributed by atoms with Crippen molar-refractivity contribution in [1.82, 2.24) is 9.97 Å². The fourth-order valence-electron chi connectivity index (χ4n) is 3.29. The van der Waals surface area contributed by atoms with Gasteiger partial charge in [-0.05, 0) is 30.2 Å². The normalized spacial score (nSPS) is 10.6. The lowest BCUT2D eigenvalue weighted by atomic mass is 10.0. The number of rotatable bonds is 9. The number of methoxy groups -OCH3 is 2. The van der Waals surface area contributed by atoms with Gasteiger partial charge in [-0.3, -0.25) is 4.79 Å². The first-order chi connectivity index (χ1) is 14.1. The van der Waals surface area contributed by atoms with E-state index < -0.39 is 0 Å². The van der Waals surface area contributed by atoms with Crippen molar-refractivity contribution in [3.63, 3.8) is 0 Å². The molecule has 0 fully saturated rings. The summed E-state index contributed by atoms with van der Waals surface area (Å²) < 4.78 is 10.8. The van der Waals surface area contributed by atoms with Crippen molar-refractivity contribution in [3.05, 3.63) is 46.7 Å². The number of aromatic nitrogens is 2. The second-order valence-electron chi connectivity index (χ2n) is 6.39. The Hall–Kier alpha value is -3.06. The van der Waals surface area contributed by atoms with Crippen LogP contribution in [0.5, 0.6) is 11.5 Å². The number of aryl methyl sites for hydroxylation is 1. The monoisotopic (exact) mass is 414 g/mol. The van der Waals surface area contributed by atoms with Gasteiger partial charge in [0.25, 0.3) is 0 Å². The Balaban J connectivity index is 2.01. The van der Waals surface area contributed by atoms with E-state index in [-0.39, 0.29) is 0 Å². The summed E-state index contributed by atoms with van der Waals surface area (Å²) in [5, 5.41) is 7.41. The van der Waals surface area contributed by atoms with Crippen LogP contribution in [0.1, 0.15) is 24.5 Å². The number of fused-ring (bicyclic) bond motifs is 1. The molecular weight excluding hydrogens is 392 g/mol. The van der Waals surface area contributed by atoms with E-state index in [1.165, 1.54) is 6.33 Å². The molecule has 1 heterocycles. The smallest absolute Gasteiger partial charge is 0.211 e. The Labute approximate surface area is 174 Å². The highest BCUT2D eigenvalue weighted by molar-refractivity contribution is 6.32. The molecule has 0 aliphatic carbocycles. The maximum atomic E-state index is 11.1. The lowest BCUT2D eigenvalue weighted by Crippen LogP contribution is -2.06. The zero-order chi connectivity index (χ0) is 20.8. The van der Waals surface area contributed by atoms with Gasteiger partial charge in [0.15, 0.2) is 0 Å². The van der Waals surface area contributed by atoms with Crippen LogP contribution in [0.3, 0.4) is 0 Å². The second-order valence-corrected chi connectivity index (χ2v) is 6.80.